The summed E-state index contributed by atoms with van der Waals surface area (Å²) < 4.78 is 7.41. The van der Waals surface area contributed by atoms with Gasteiger partial charge in [-0.2, -0.15) is 5.10 Å². The van der Waals surface area contributed by atoms with E-state index in [-0.39, 0.29) is 11.7 Å². The molecule has 8 heteroatoms. The summed E-state index contributed by atoms with van der Waals surface area (Å²) in [7, 11) is 3.61. The average molecular weight is 332 g/mol. The van der Waals surface area contributed by atoms with Crippen molar-refractivity contribution >= 4 is 5.82 Å². The monoisotopic (exact) mass is 332 g/mol. The summed E-state index contributed by atoms with van der Waals surface area (Å²) in [6.07, 6.45) is 5.22. The minimum absolute atomic E-state index is 0.0441. The molecule has 0 saturated carbocycles. The van der Waals surface area contributed by atoms with Gasteiger partial charge in [-0.1, -0.05) is 0 Å². The van der Waals surface area contributed by atoms with Crippen molar-refractivity contribution in [1.29, 1.82) is 0 Å². The van der Waals surface area contributed by atoms with Crippen molar-refractivity contribution in [1.82, 2.24) is 24.6 Å². The Balaban J connectivity index is 1.62. The first-order valence-corrected chi connectivity index (χ1v) is 8.10. The van der Waals surface area contributed by atoms with Gasteiger partial charge in [0.15, 0.2) is 5.82 Å². The van der Waals surface area contributed by atoms with Crippen molar-refractivity contribution in [2.45, 2.75) is 19.6 Å². The van der Waals surface area contributed by atoms with Gasteiger partial charge in [0.1, 0.15) is 0 Å². The van der Waals surface area contributed by atoms with Gasteiger partial charge in [-0.25, -0.2) is 4.98 Å². The number of rotatable bonds is 5. The summed E-state index contributed by atoms with van der Waals surface area (Å²) in [6, 6.07) is 0. The highest BCUT2D eigenvalue weighted by atomic mass is 16.5. The topological polar surface area (TPSA) is 79.3 Å². The third-order valence-electron chi connectivity index (χ3n) is 4.39. The molecule has 2 aromatic rings. The van der Waals surface area contributed by atoms with Crippen LogP contribution in [0.5, 0.6) is 0 Å². The Kier molecular flexibility index (Phi) is 4.96. The van der Waals surface area contributed by atoms with E-state index >= 15 is 0 Å². The fraction of sp³-hybridized carbons (Fsp3) is 0.562. The third-order valence-corrected chi connectivity index (χ3v) is 4.39. The van der Waals surface area contributed by atoms with Crippen LogP contribution in [0.25, 0.3) is 0 Å². The quantitative estimate of drug-likeness (QED) is 0.840. The summed E-state index contributed by atoms with van der Waals surface area (Å²) in [4.78, 5) is 20.6. The maximum Gasteiger partial charge on any atom is 0.293 e. The van der Waals surface area contributed by atoms with E-state index in [0.717, 1.165) is 25.3 Å². The predicted octanol–water partition coefficient (Wildman–Crippen LogP) is 0.149. The highest BCUT2D eigenvalue weighted by molar-refractivity contribution is 5.34. The van der Waals surface area contributed by atoms with E-state index in [1.807, 2.05) is 25.1 Å². The number of anilines is 1. The molecule has 1 aliphatic rings. The van der Waals surface area contributed by atoms with Crippen LogP contribution in [0.1, 0.15) is 11.3 Å². The normalized spacial score (nSPS) is 18.7. The Labute approximate surface area is 141 Å². The lowest BCUT2D eigenvalue weighted by molar-refractivity contribution is -0.0265. The van der Waals surface area contributed by atoms with Crippen LogP contribution >= 0.6 is 0 Å². The van der Waals surface area contributed by atoms with Crippen LogP contribution in [0.4, 0.5) is 5.82 Å². The van der Waals surface area contributed by atoms with Gasteiger partial charge in [0.05, 0.1) is 18.9 Å². The molecular weight excluding hydrogens is 308 g/mol. The van der Waals surface area contributed by atoms with Crippen molar-refractivity contribution in [3.8, 4) is 0 Å². The SMILES string of the molecule is Cc1[nH]ncc1CN1CCO[C@H](CN(C)c2nccn(C)c2=O)C1. The Bertz CT molecular complexity index is 740. The number of hydrogen-bond acceptors (Lipinski definition) is 6. The van der Waals surface area contributed by atoms with Crippen LogP contribution in [0, 0.1) is 6.92 Å². The maximum absolute atomic E-state index is 12.2. The largest absolute Gasteiger partial charge is 0.374 e. The van der Waals surface area contributed by atoms with E-state index in [0.29, 0.717) is 19.0 Å². The van der Waals surface area contributed by atoms with Gasteiger partial charge < -0.3 is 14.2 Å². The zero-order valence-electron chi connectivity index (χ0n) is 14.4. The number of nitrogens with zero attached hydrogens (tertiary/aromatic N) is 5. The highest BCUT2D eigenvalue weighted by Crippen LogP contribution is 2.13. The lowest BCUT2D eigenvalue weighted by Crippen LogP contribution is -2.47. The van der Waals surface area contributed by atoms with Crippen LogP contribution in [-0.2, 0) is 18.3 Å². The number of H-pyrrole nitrogens is 1. The van der Waals surface area contributed by atoms with Crippen LogP contribution < -0.4 is 10.5 Å². The summed E-state index contributed by atoms with van der Waals surface area (Å²) in [5.41, 5.74) is 2.22. The minimum atomic E-state index is -0.0957. The molecule has 0 spiro atoms. The van der Waals surface area contributed by atoms with Crippen LogP contribution in [-0.4, -0.2) is 64.0 Å². The summed E-state index contributed by atoms with van der Waals surface area (Å²) in [5, 5.41) is 7.05. The molecular formula is C16H24N6O2. The molecule has 3 rings (SSSR count). The van der Waals surface area contributed by atoms with E-state index < -0.39 is 0 Å². The first-order valence-electron chi connectivity index (χ1n) is 8.10. The molecule has 1 saturated heterocycles. The standard InChI is InChI=1S/C16H24N6O2/c1-12-13(8-18-19-12)9-22-6-7-24-14(11-22)10-21(3)15-16(23)20(2)5-4-17-15/h4-5,8,14H,6-7,9-11H2,1-3H3,(H,18,19)/t14-/m1/s1. The van der Waals surface area contributed by atoms with Crippen LogP contribution in [0.15, 0.2) is 23.4 Å². The molecule has 8 nitrogen and oxygen atoms in total. The Morgan fingerprint density at radius 3 is 3.08 bits per heavy atom. The molecule has 0 unspecified atom stereocenters. The van der Waals surface area contributed by atoms with Gasteiger partial charge in [-0.05, 0) is 6.92 Å². The van der Waals surface area contributed by atoms with Gasteiger partial charge in [-0.15, -0.1) is 0 Å². The second-order valence-corrected chi connectivity index (χ2v) is 6.30. The average Bonchev–Trinajstić information content (AvgIpc) is 2.95. The second kappa shape index (κ2) is 7.14. The van der Waals surface area contributed by atoms with E-state index in [1.54, 1.807) is 19.4 Å². The molecule has 1 atom stereocenters. The number of morpholine rings is 1. The molecule has 0 bridgehead atoms. The third kappa shape index (κ3) is 3.65. The molecule has 1 aliphatic heterocycles. The van der Waals surface area contributed by atoms with Gasteiger partial charge in [0.25, 0.3) is 5.56 Å². The molecule has 1 fully saturated rings. The van der Waals surface area contributed by atoms with E-state index in [9.17, 15) is 4.79 Å². The van der Waals surface area contributed by atoms with Crippen molar-refractivity contribution < 1.29 is 4.74 Å². The lowest BCUT2D eigenvalue weighted by Gasteiger charge is -2.34. The lowest BCUT2D eigenvalue weighted by atomic mass is 10.2. The first-order chi connectivity index (χ1) is 11.5. The zero-order valence-corrected chi connectivity index (χ0v) is 14.4. The predicted molar refractivity (Wildman–Crippen MR) is 91.1 cm³/mol. The summed E-state index contributed by atoms with van der Waals surface area (Å²) >= 11 is 0. The first kappa shape index (κ1) is 16.7. The minimum Gasteiger partial charge on any atom is -0.374 e. The smallest absolute Gasteiger partial charge is 0.293 e. The van der Waals surface area contributed by atoms with E-state index in [1.165, 1.54) is 10.1 Å². The number of nitrogens with one attached hydrogen (secondary N) is 1. The molecule has 0 aromatic carbocycles. The molecule has 0 aliphatic carbocycles. The fourth-order valence-electron chi connectivity index (χ4n) is 2.95. The van der Waals surface area contributed by atoms with Crippen molar-refractivity contribution in [2.75, 3.05) is 38.2 Å². The van der Waals surface area contributed by atoms with Crippen LogP contribution in [0.2, 0.25) is 0 Å². The molecule has 0 amide bonds. The molecule has 1 N–H and O–H groups in total. The number of likely N-dealkylation sites (N-methyl/N-ethyl adjacent to an activating group) is 1. The van der Waals surface area contributed by atoms with Gasteiger partial charge in [-0.3, -0.25) is 14.8 Å². The zero-order chi connectivity index (χ0) is 17.1. The molecule has 130 valence electrons. The number of aryl methyl sites for hydroxylation is 2. The van der Waals surface area contributed by atoms with Gasteiger partial charge >= 0.3 is 0 Å². The highest BCUT2D eigenvalue weighted by Gasteiger charge is 2.23. The Morgan fingerprint density at radius 1 is 1.50 bits per heavy atom. The number of ether oxygens (including phenoxy) is 1. The van der Waals surface area contributed by atoms with Crippen molar-refractivity contribution in [2.24, 2.45) is 7.05 Å². The van der Waals surface area contributed by atoms with Crippen molar-refractivity contribution in [3.63, 3.8) is 0 Å². The number of hydrogen-bond donors (Lipinski definition) is 1. The maximum atomic E-state index is 12.2. The summed E-state index contributed by atoms with van der Waals surface area (Å²) in [5.74, 6) is 0.450. The molecule has 3 heterocycles. The molecule has 0 radical (unpaired) electrons. The van der Waals surface area contributed by atoms with Crippen LogP contribution in [0.3, 0.4) is 0 Å². The fourth-order valence-corrected chi connectivity index (χ4v) is 2.95. The summed E-state index contributed by atoms with van der Waals surface area (Å²) in [6.45, 7) is 5.93. The Morgan fingerprint density at radius 2 is 2.33 bits per heavy atom. The molecule has 2 aromatic heterocycles. The molecule has 24 heavy (non-hydrogen) atoms. The second-order valence-electron chi connectivity index (χ2n) is 6.30. The van der Waals surface area contributed by atoms with Gasteiger partial charge in [0.2, 0.25) is 0 Å². The number of aromatic nitrogens is 4. The van der Waals surface area contributed by atoms with E-state index in [2.05, 4.69) is 20.1 Å². The van der Waals surface area contributed by atoms with Crippen molar-refractivity contribution in [3.05, 3.63) is 40.2 Å². The van der Waals surface area contributed by atoms with E-state index in [4.69, 9.17) is 4.74 Å². The Hall–Kier alpha value is -2.19. The van der Waals surface area contributed by atoms with Gasteiger partial charge in [0, 0.05) is 63.9 Å². The number of aromatic amines is 1.